The van der Waals surface area contributed by atoms with Crippen molar-refractivity contribution in [3.8, 4) is 28.4 Å². The van der Waals surface area contributed by atoms with E-state index in [0.717, 1.165) is 38.8 Å². The fraction of sp³-hybridized carbons (Fsp3) is 0.370. The maximum absolute atomic E-state index is 12.6. The highest BCUT2D eigenvalue weighted by molar-refractivity contribution is 6.02. The second-order valence-electron chi connectivity index (χ2n) is 8.10. The molecule has 34 heavy (non-hydrogen) atoms. The summed E-state index contributed by atoms with van der Waals surface area (Å²) in [5.41, 5.74) is 5.08. The van der Waals surface area contributed by atoms with Gasteiger partial charge in [0.1, 0.15) is 11.3 Å². The van der Waals surface area contributed by atoms with Gasteiger partial charge in [-0.05, 0) is 57.0 Å². The molecular formula is C27H33NO6. The Hall–Kier alpha value is -3.45. The van der Waals surface area contributed by atoms with E-state index in [2.05, 4.69) is 5.32 Å². The molecule has 1 unspecified atom stereocenters. The zero-order chi connectivity index (χ0) is 24.8. The molecule has 0 spiro atoms. The number of ether oxygens (including phenoxy) is 4. The fourth-order valence-electron chi connectivity index (χ4n) is 4.02. The molecule has 3 rings (SSSR count). The number of benzene rings is 2. The van der Waals surface area contributed by atoms with E-state index in [-0.39, 0.29) is 11.9 Å². The number of amides is 1. The summed E-state index contributed by atoms with van der Waals surface area (Å²) in [6.45, 7) is 8.63. The number of hydrogen-bond acceptors (Lipinski definition) is 6. The van der Waals surface area contributed by atoms with Crippen LogP contribution in [0, 0.1) is 6.92 Å². The Morgan fingerprint density at radius 1 is 1.15 bits per heavy atom. The van der Waals surface area contributed by atoms with Crippen molar-refractivity contribution >= 4 is 22.4 Å². The fourth-order valence-corrected chi connectivity index (χ4v) is 4.02. The summed E-state index contributed by atoms with van der Waals surface area (Å²) < 4.78 is 27.9. The van der Waals surface area contributed by atoms with Gasteiger partial charge in [-0.15, -0.1) is 0 Å². The van der Waals surface area contributed by atoms with Gasteiger partial charge in [0.25, 0.3) is 0 Å². The van der Waals surface area contributed by atoms with Crippen LogP contribution in [-0.2, 0) is 9.53 Å². The Morgan fingerprint density at radius 3 is 2.53 bits per heavy atom. The van der Waals surface area contributed by atoms with E-state index in [1.807, 2.05) is 52.0 Å². The molecule has 7 heteroatoms. The standard InChI is InChI=1S/C27H33NO6/c1-8-33-26-18(4)27-21(13-20(26)16(2)11-25(29)28-17(3)14-30-5)22(15-34-27)19-9-10-23(31-6)24(12-19)32-7/h9-13,15,17H,8,14H2,1-7H3,(H,28,29)/b16-11+. The summed E-state index contributed by atoms with van der Waals surface area (Å²) in [7, 11) is 4.83. The Kier molecular flexibility index (Phi) is 8.23. The van der Waals surface area contributed by atoms with Crippen molar-refractivity contribution in [1.29, 1.82) is 0 Å². The third-order valence-electron chi connectivity index (χ3n) is 5.60. The van der Waals surface area contributed by atoms with Crippen LogP contribution in [0.3, 0.4) is 0 Å². The van der Waals surface area contributed by atoms with Crippen LogP contribution in [0.5, 0.6) is 17.2 Å². The average molecular weight is 468 g/mol. The molecule has 2 aromatic carbocycles. The first-order valence-electron chi connectivity index (χ1n) is 11.2. The predicted octanol–water partition coefficient (Wildman–Crippen LogP) is 5.38. The van der Waals surface area contributed by atoms with E-state index in [9.17, 15) is 4.79 Å². The smallest absolute Gasteiger partial charge is 0.244 e. The summed E-state index contributed by atoms with van der Waals surface area (Å²) in [6.07, 6.45) is 3.32. The van der Waals surface area contributed by atoms with Gasteiger partial charge < -0.3 is 28.7 Å². The summed E-state index contributed by atoms with van der Waals surface area (Å²) in [6, 6.07) is 7.67. The van der Waals surface area contributed by atoms with Crippen LogP contribution in [-0.4, -0.2) is 46.5 Å². The summed E-state index contributed by atoms with van der Waals surface area (Å²) >= 11 is 0. The third-order valence-corrected chi connectivity index (χ3v) is 5.60. The molecule has 0 bridgehead atoms. The number of furan rings is 1. The molecule has 7 nitrogen and oxygen atoms in total. The Labute approximate surface area is 200 Å². The van der Waals surface area contributed by atoms with E-state index in [4.69, 9.17) is 23.4 Å². The Morgan fingerprint density at radius 2 is 1.88 bits per heavy atom. The van der Waals surface area contributed by atoms with Crippen molar-refractivity contribution in [2.45, 2.75) is 33.7 Å². The quantitative estimate of drug-likeness (QED) is 0.404. The highest BCUT2D eigenvalue weighted by atomic mass is 16.5. The number of carbonyl (C=O) groups is 1. The third kappa shape index (κ3) is 5.20. The van der Waals surface area contributed by atoms with Crippen LogP contribution in [0.4, 0.5) is 0 Å². The molecule has 1 N–H and O–H groups in total. The zero-order valence-corrected chi connectivity index (χ0v) is 20.9. The molecule has 3 aromatic rings. The first-order valence-corrected chi connectivity index (χ1v) is 11.2. The lowest BCUT2D eigenvalue weighted by molar-refractivity contribution is -0.117. The molecule has 0 saturated heterocycles. The van der Waals surface area contributed by atoms with Gasteiger partial charge in [0.2, 0.25) is 5.91 Å². The Balaban J connectivity index is 2.12. The number of nitrogens with one attached hydrogen (secondary N) is 1. The van der Waals surface area contributed by atoms with Gasteiger partial charge in [0, 0.05) is 41.3 Å². The number of rotatable bonds is 10. The summed E-state index contributed by atoms with van der Waals surface area (Å²) in [5.74, 6) is 1.81. The minimum absolute atomic E-state index is 0.0948. The number of methoxy groups -OCH3 is 3. The summed E-state index contributed by atoms with van der Waals surface area (Å²) in [5, 5.41) is 3.84. The van der Waals surface area contributed by atoms with E-state index in [0.29, 0.717) is 30.5 Å². The normalized spacial score (nSPS) is 12.5. The minimum atomic E-state index is -0.186. The maximum Gasteiger partial charge on any atom is 0.244 e. The summed E-state index contributed by atoms with van der Waals surface area (Å²) in [4.78, 5) is 12.6. The van der Waals surface area contributed by atoms with E-state index in [1.54, 1.807) is 33.7 Å². The largest absolute Gasteiger partial charge is 0.493 e. The number of aryl methyl sites for hydroxylation is 1. The lowest BCUT2D eigenvalue weighted by Gasteiger charge is -2.16. The first kappa shape index (κ1) is 25.2. The van der Waals surface area contributed by atoms with Crippen LogP contribution < -0.4 is 19.5 Å². The molecule has 0 radical (unpaired) electrons. The van der Waals surface area contributed by atoms with Gasteiger partial charge in [-0.1, -0.05) is 6.07 Å². The van der Waals surface area contributed by atoms with E-state index in [1.165, 1.54) is 0 Å². The lowest BCUT2D eigenvalue weighted by Crippen LogP contribution is -2.34. The predicted molar refractivity (Wildman–Crippen MR) is 134 cm³/mol. The number of fused-ring (bicyclic) bond motifs is 1. The zero-order valence-electron chi connectivity index (χ0n) is 20.9. The van der Waals surface area contributed by atoms with Gasteiger partial charge in [0.05, 0.1) is 33.7 Å². The van der Waals surface area contributed by atoms with Crippen LogP contribution in [0.25, 0.3) is 27.7 Å². The molecule has 1 heterocycles. The van der Waals surface area contributed by atoms with Gasteiger partial charge in [-0.25, -0.2) is 0 Å². The second kappa shape index (κ2) is 11.1. The Bertz CT molecular complexity index is 1190. The first-order chi connectivity index (χ1) is 16.3. The minimum Gasteiger partial charge on any atom is -0.493 e. The van der Waals surface area contributed by atoms with Crippen molar-refractivity contribution < 1.29 is 28.2 Å². The molecule has 182 valence electrons. The van der Waals surface area contributed by atoms with Gasteiger partial charge >= 0.3 is 0 Å². The van der Waals surface area contributed by atoms with Crippen LogP contribution in [0.15, 0.2) is 41.0 Å². The molecule has 0 fully saturated rings. The average Bonchev–Trinajstić information content (AvgIpc) is 3.24. The molecule has 0 aliphatic carbocycles. The lowest BCUT2D eigenvalue weighted by atomic mass is 9.96. The molecular weight excluding hydrogens is 434 g/mol. The molecule has 1 aromatic heterocycles. The second-order valence-corrected chi connectivity index (χ2v) is 8.10. The number of carbonyl (C=O) groups excluding carboxylic acids is 1. The van der Waals surface area contributed by atoms with Gasteiger partial charge in [-0.3, -0.25) is 4.79 Å². The monoisotopic (exact) mass is 467 g/mol. The molecule has 0 aliphatic heterocycles. The highest BCUT2D eigenvalue weighted by Crippen LogP contribution is 2.42. The van der Waals surface area contributed by atoms with Crippen LogP contribution >= 0.6 is 0 Å². The van der Waals surface area contributed by atoms with Crippen LogP contribution in [0.2, 0.25) is 0 Å². The van der Waals surface area contributed by atoms with Crippen molar-refractivity contribution in [2.24, 2.45) is 0 Å². The van der Waals surface area contributed by atoms with Crippen molar-refractivity contribution in [1.82, 2.24) is 5.32 Å². The number of allylic oxidation sites excluding steroid dienone is 1. The van der Waals surface area contributed by atoms with Crippen molar-refractivity contribution in [2.75, 3.05) is 34.5 Å². The molecule has 1 amide bonds. The van der Waals surface area contributed by atoms with Crippen LogP contribution in [0.1, 0.15) is 31.9 Å². The van der Waals surface area contributed by atoms with Gasteiger partial charge in [0.15, 0.2) is 11.5 Å². The SMILES string of the molecule is CCOc1c(/C(C)=C/C(=O)NC(C)COC)cc2c(-c3ccc(OC)c(OC)c3)coc2c1C. The topological polar surface area (TPSA) is 79.2 Å². The van der Waals surface area contributed by atoms with E-state index < -0.39 is 0 Å². The molecule has 0 aliphatic rings. The highest BCUT2D eigenvalue weighted by Gasteiger charge is 2.20. The van der Waals surface area contributed by atoms with Crippen molar-refractivity contribution in [3.63, 3.8) is 0 Å². The number of hydrogen-bond donors (Lipinski definition) is 1. The van der Waals surface area contributed by atoms with Gasteiger partial charge in [-0.2, -0.15) is 0 Å². The van der Waals surface area contributed by atoms with E-state index >= 15 is 0 Å². The van der Waals surface area contributed by atoms with Crippen molar-refractivity contribution in [3.05, 3.63) is 47.7 Å². The molecule has 0 saturated carbocycles. The molecule has 1 atom stereocenters. The maximum atomic E-state index is 12.6.